The number of phenols is 2. The van der Waals surface area contributed by atoms with Crippen LogP contribution in [0.1, 0.15) is 12.0 Å². The van der Waals surface area contributed by atoms with Gasteiger partial charge in [-0.15, -0.1) is 0 Å². The Balaban J connectivity index is 2.47. The molecule has 0 amide bonds. The monoisotopic (exact) mass is 182 g/mol. The zero-order chi connectivity index (χ0) is 9.42. The topological polar surface area (TPSA) is 69.9 Å². The molecule has 0 saturated carbocycles. The van der Waals surface area contributed by atoms with Crippen molar-refractivity contribution < 1.29 is 20.1 Å². The number of hydrogen-bond donors (Lipinski definition) is 3. The van der Waals surface area contributed by atoms with Gasteiger partial charge in [0.2, 0.25) is 0 Å². The van der Waals surface area contributed by atoms with E-state index in [1.807, 2.05) is 0 Å². The van der Waals surface area contributed by atoms with Gasteiger partial charge in [0.15, 0.2) is 6.29 Å². The lowest BCUT2D eigenvalue weighted by Gasteiger charge is -2.22. The van der Waals surface area contributed by atoms with Gasteiger partial charge in [-0.05, 0) is 6.42 Å². The van der Waals surface area contributed by atoms with E-state index in [-0.39, 0.29) is 11.5 Å². The molecule has 4 heteroatoms. The third-order valence-corrected chi connectivity index (χ3v) is 2.07. The second-order valence-electron chi connectivity index (χ2n) is 3.05. The molecule has 3 N–H and O–H groups in total. The van der Waals surface area contributed by atoms with Gasteiger partial charge in [0.25, 0.3) is 0 Å². The predicted molar refractivity (Wildman–Crippen MR) is 44.7 cm³/mol. The predicted octanol–water partition coefficient (Wildman–Crippen LogP) is 0.741. The molecule has 0 radical (unpaired) electrons. The number of phenolic OH excluding ortho intramolecular Hbond substituents is 2. The Hall–Kier alpha value is -1.42. The molecule has 70 valence electrons. The van der Waals surface area contributed by atoms with Gasteiger partial charge in [-0.25, -0.2) is 0 Å². The van der Waals surface area contributed by atoms with Gasteiger partial charge in [0, 0.05) is 24.1 Å². The average Bonchev–Trinajstić information content (AvgIpc) is 2.02. The van der Waals surface area contributed by atoms with Crippen LogP contribution in [0.15, 0.2) is 12.1 Å². The highest BCUT2D eigenvalue weighted by Gasteiger charge is 2.20. The minimum atomic E-state index is -0.839. The Morgan fingerprint density at radius 3 is 2.85 bits per heavy atom. The molecule has 1 aliphatic heterocycles. The van der Waals surface area contributed by atoms with E-state index in [1.54, 1.807) is 0 Å². The van der Waals surface area contributed by atoms with Crippen LogP contribution in [0.4, 0.5) is 0 Å². The molecule has 1 aromatic rings. The van der Waals surface area contributed by atoms with E-state index < -0.39 is 6.29 Å². The molecule has 4 nitrogen and oxygen atoms in total. The second kappa shape index (κ2) is 2.81. The summed E-state index contributed by atoms with van der Waals surface area (Å²) in [6, 6.07) is 2.65. The minimum absolute atomic E-state index is 0.0156. The Labute approximate surface area is 75.0 Å². The Morgan fingerprint density at radius 1 is 1.31 bits per heavy atom. The van der Waals surface area contributed by atoms with Gasteiger partial charge in [-0.2, -0.15) is 0 Å². The van der Waals surface area contributed by atoms with Crippen LogP contribution >= 0.6 is 0 Å². The summed E-state index contributed by atoms with van der Waals surface area (Å²) in [6.45, 7) is 0. The SMILES string of the molecule is Oc1cc(O)c2c(c1)O[C@H](O)CC2. The normalized spacial score (nSPS) is 20.5. The fourth-order valence-electron chi connectivity index (χ4n) is 1.45. The Bertz CT molecular complexity index is 335. The molecule has 1 atom stereocenters. The fraction of sp³-hybridized carbons (Fsp3) is 0.333. The molecule has 0 aromatic heterocycles. The summed E-state index contributed by atoms with van der Waals surface area (Å²) in [4.78, 5) is 0. The molecule has 1 heterocycles. The first-order valence-corrected chi connectivity index (χ1v) is 4.06. The zero-order valence-corrected chi connectivity index (χ0v) is 6.90. The fourth-order valence-corrected chi connectivity index (χ4v) is 1.45. The number of aromatic hydroxyl groups is 2. The lowest BCUT2D eigenvalue weighted by atomic mass is 10.0. The number of fused-ring (bicyclic) bond motifs is 1. The molecule has 0 unspecified atom stereocenters. The number of ether oxygens (including phenoxy) is 1. The van der Waals surface area contributed by atoms with E-state index in [9.17, 15) is 5.11 Å². The highest BCUT2D eigenvalue weighted by Crippen LogP contribution is 2.37. The molecular formula is C9H10O4. The van der Waals surface area contributed by atoms with Gasteiger partial charge in [0.05, 0.1) is 0 Å². The molecular weight excluding hydrogens is 172 g/mol. The highest BCUT2D eigenvalue weighted by atomic mass is 16.6. The largest absolute Gasteiger partial charge is 0.508 e. The van der Waals surface area contributed by atoms with Crippen LogP contribution in [0.2, 0.25) is 0 Å². The average molecular weight is 182 g/mol. The van der Waals surface area contributed by atoms with Gasteiger partial charge in [0.1, 0.15) is 17.2 Å². The molecule has 0 bridgehead atoms. The molecule has 1 aliphatic rings. The maximum Gasteiger partial charge on any atom is 0.197 e. The maximum absolute atomic E-state index is 9.40. The van der Waals surface area contributed by atoms with Crippen LogP contribution in [0.25, 0.3) is 0 Å². The van der Waals surface area contributed by atoms with Crippen molar-refractivity contribution in [3.63, 3.8) is 0 Å². The first kappa shape index (κ1) is 8.19. The van der Waals surface area contributed by atoms with Gasteiger partial charge >= 0.3 is 0 Å². The number of hydrogen-bond acceptors (Lipinski definition) is 4. The van der Waals surface area contributed by atoms with Crippen molar-refractivity contribution in [1.29, 1.82) is 0 Å². The third-order valence-electron chi connectivity index (χ3n) is 2.07. The minimum Gasteiger partial charge on any atom is -0.508 e. The summed E-state index contributed by atoms with van der Waals surface area (Å²) in [5.74, 6) is 0.309. The van der Waals surface area contributed by atoms with Crippen LogP contribution in [-0.2, 0) is 6.42 Å². The van der Waals surface area contributed by atoms with E-state index in [0.29, 0.717) is 24.2 Å². The van der Waals surface area contributed by atoms with Crippen molar-refractivity contribution in [1.82, 2.24) is 0 Å². The highest BCUT2D eigenvalue weighted by molar-refractivity contribution is 5.50. The van der Waals surface area contributed by atoms with Crippen molar-refractivity contribution in [3.05, 3.63) is 17.7 Å². The quantitative estimate of drug-likeness (QED) is 0.553. The number of aliphatic hydroxyl groups excluding tert-OH is 1. The first-order chi connectivity index (χ1) is 6.16. The first-order valence-electron chi connectivity index (χ1n) is 4.06. The maximum atomic E-state index is 9.40. The van der Waals surface area contributed by atoms with Crippen LogP contribution in [0, 0.1) is 0 Å². The standard InChI is InChI=1S/C9H10O4/c10-5-3-7(11)6-1-2-9(12)13-8(6)4-5/h3-4,9-12H,1-2H2/t9-/m0/s1. The van der Waals surface area contributed by atoms with Gasteiger partial charge in [-0.3, -0.25) is 0 Å². The van der Waals surface area contributed by atoms with E-state index in [2.05, 4.69) is 0 Å². The van der Waals surface area contributed by atoms with Crippen molar-refractivity contribution in [3.8, 4) is 17.2 Å². The lowest BCUT2D eigenvalue weighted by Crippen LogP contribution is -2.21. The zero-order valence-electron chi connectivity index (χ0n) is 6.90. The number of rotatable bonds is 0. The van der Waals surface area contributed by atoms with E-state index in [4.69, 9.17) is 14.9 Å². The molecule has 13 heavy (non-hydrogen) atoms. The van der Waals surface area contributed by atoms with Crippen LogP contribution in [0.5, 0.6) is 17.2 Å². The summed E-state index contributed by atoms with van der Waals surface area (Å²) < 4.78 is 5.03. The Morgan fingerprint density at radius 2 is 2.08 bits per heavy atom. The summed E-state index contributed by atoms with van der Waals surface area (Å²) in [5, 5.41) is 27.7. The Kier molecular flexibility index (Phi) is 1.77. The number of benzene rings is 1. The lowest BCUT2D eigenvalue weighted by molar-refractivity contribution is -0.0320. The molecule has 0 spiro atoms. The third kappa shape index (κ3) is 1.40. The molecule has 0 aliphatic carbocycles. The summed E-state index contributed by atoms with van der Waals surface area (Å²) >= 11 is 0. The van der Waals surface area contributed by atoms with Crippen LogP contribution in [0.3, 0.4) is 0 Å². The van der Waals surface area contributed by atoms with Crippen LogP contribution < -0.4 is 4.74 Å². The second-order valence-corrected chi connectivity index (χ2v) is 3.05. The van der Waals surface area contributed by atoms with Crippen molar-refractivity contribution >= 4 is 0 Å². The number of aliphatic hydroxyl groups is 1. The van der Waals surface area contributed by atoms with Crippen LogP contribution in [-0.4, -0.2) is 21.6 Å². The molecule has 0 saturated heterocycles. The van der Waals surface area contributed by atoms with Crippen molar-refractivity contribution in [2.75, 3.05) is 0 Å². The molecule has 0 fully saturated rings. The molecule has 2 rings (SSSR count). The van der Waals surface area contributed by atoms with Crippen molar-refractivity contribution in [2.45, 2.75) is 19.1 Å². The van der Waals surface area contributed by atoms with Gasteiger partial charge in [-0.1, -0.05) is 0 Å². The smallest absolute Gasteiger partial charge is 0.197 e. The molecule has 1 aromatic carbocycles. The van der Waals surface area contributed by atoms with E-state index in [1.165, 1.54) is 12.1 Å². The summed E-state index contributed by atoms with van der Waals surface area (Å²) in [6.07, 6.45) is 0.183. The van der Waals surface area contributed by atoms with Gasteiger partial charge < -0.3 is 20.1 Å². The van der Waals surface area contributed by atoms with Crippen molar-refractivity contribution in [2.24, 2.45) is 0 Å². The summed E-state index contributed by atoms with van der Waals surface area (Å²) in [5.41, 5.74) is 0.642. The van der Waals surface area contributed by atoms with E-state index in [0.717, 1.165) is 0 Å². The van der Waals surface area contributed by atoms with E-state index >= 15 is 0 Å². The summed E-state index contributed by atoms with van der Waals surface area (Å²) in [7, 11) is 0.